The van der Waals surface area contributed by atoms with Crippen LogP contribution >= 0.6 is 24.2 Å². The number of aromatic nitrogens is 1. The molecule has 0 radical (unpaired) electrons. The maximum absolute atomic E-state index is 5.77. The molecular formula is C10H14ClNOS. The van der Waals surface area contributed by atoms with Crippen molar-refractivity contribution >= 4 is 24.2 Å². The second-order valence-electron chi connectivity index (χ2n) is 3.95. The van der Waals surface area contributed by atoms with E-state index in [0.29, 0.717) is 17.4 Å². The third-order valence-corrected chi connectivity index (χ3v) is 2.80. The van der Waals surface area contributed by atoms with E-state index >= 15 is 0 Å². The van der Waals surface area contributed by atoms with Crippen LogP contribution in [-0.2, 0) is 0 Å². The molecule has 1 aromatic rings. The monoisotopic (exact) mass is 231 g/mol. The smallest absolute Gasteiger partial charge is 0.139 e. The Morgan fingerprint density at radius 3 is 2.79 bits per heavy atom. The van der Waals surface area contributed by atoms with Gasteiger partial charge in [0.15, 0.2) is 0 Å². The zero-order valence-corrected chi connectivity index (χ0v) is 9.98. The molecule has 0 aliphatic heterocycles. The zero-order chi connectivity index (χ0) is 10.6. The molecule has 0 amide bonds. The second kappa shape index (κ2) is 4.89. The van der Waals surface area contributed by atoms with Crippen LogP contribution in [0, 0.1) is 5.41 Å². The molecule has 0 fully saturated rings. The van der Waals surface area contributed by atoms with Gasteiger partial charge in [0.2, 0.25) is 0 Å². The van der Waals surface area contributed by atoms with Crippen molar-refractivity contribution in [1.82, 2.24) is 4.98 Å². The molecular weight excluding hydrogens is 218 g/mol. The predicted octanol–water partition coefficient (Wildman–Crippen LogP) is 3.07. The lowest BCUT2D eigenvalue weighted by molar-refractivity contribution is 0.202. The minimum atomic E-state index is 0.0609. The number of hydrogen-bond acceptors (Lipinski definition) is 3. The Hall–Kier alpha value is -0.410. The number of hydrogen-bond donors (Lipinski definition) is 1. The highest BCUT2D eigenvalue weighted by atomic mass is 35.5. The SMILES string of the molecule is CC(C)(CS)COc1cncc(Cl)c1. The molecule has 0 aliphatic carbocycles. The molecule has 0 aromatic carbocycles. The summed E-state index contributed by atoms with van der Waals surface area (Å²) >= 11 is 10.0. The first-order valence-electron chi connectivity index (χ1n) is 4.38. The molecule has 0 bridgehead atoms. The Labute approximate surface area is 95.0 Å². The van der Waals surface area contributed by atoms with Gasteiger partial charge in [-0.15, -0.1) is 0 Å². The lowest BCUT2D eigenvalue weighted by Gasteiger charge is -2.21. The molecule has 0 atom stereocenters. The molecule has 0 unspecified atom stereocenters. The fourth-order valence-corrected chi connectivity index (χ4v) is 1.05. The van der Waals surface area contributed by atoms with Crippen LogP contribution in [-0.4, -0.2) is 17.3 Å². The van der Waals surface area contributed by atoms with Gasteiger partial charge in [0.25, 0.3) is 0 Å². The third kappa shape index (κ3) is 3.76. The van der Waals surface area contributed by atoms with Crippen molar-refractivity contribution in [2.24, 2.45) is 5.41 Å². The topological polar surface area (TPSA) is 22.1 Å². The van der Waals surface area contributed by atoms with E-state index in [1.165, 1.54) is 0 Å². The largest absolute Gasteiger partial charge is 0.491 e. The van der Waals surface area contributed by atoms with Crippen molar-refractivity contribution < 1.29 is 4.74 Å². The lowest BCUT2D eigenvalue weighted by atomic mass is 9.98. The van der Waals surface area contributed by atoms with Gasteiger partial charge in [-0.25, -0.2) is 0 Å². The highest BCUT2D eigenvalue weighted by Gasteiger charge is 2.16. The minimum Gasteiger partial charge on any atom is -0.491 e. The van der Waals surface area contributed by atoms with E-state index in [2.05, 4.69) is 31.5 Å². The quantitative estimate of drug-likeness (QED) is 0.805. The van der Waals surface area contributed by atoms with Crippen molar-refractivity contribution in [2.45, 2.75) is 13.8 Å². The average Bonchev–Trinajstić information content (AvgIpc) is 2.15. The summed E-state index contributed by atoms with van der Waals surface area (Å²) in [5, 5.41) is 0.589. The Morgan fingerprint density at radius 1 is 1.50 bits per heavy atom. The van der Waals surface area contributed by atoms with E-state index in [0.717, 1.165) is 5.75 Å². The highest BCUT2D eigenvalue weighted by molar-refractivity contribution is 7.80. The highest BCUT2D eigenvalue weighted by Crippen LogP contribution is 2.21. The molecule has 0 saturated carbocycles. The van der Waals surface area contributed by atoms with Gasteiger partial charge < -0.3 is 4.74 Å². The van der Waals surface area contributed by atoms with Gasteiger partial charge >= 0.3 is 0 Å². The summed E-state index contributed by atoms with van der Waals surface area (Å²) in [6.45, 7) is 4.80. The molecule has 0 spiro atoms. The maximum Gasteiger partial charge on any atom is 0.139 e. The summed E-state index contributed by atoms with van der Waals surface area (Å²) < 4.78 is 5.55. The number of nitrogens with zero attached hydrogens (tertiary/aromatic N) is 1. The van der Waals surface area contributed by atoms with Gasteiger partial charge in [-0.1, -0.05) is 25.4 Å². The third-order valence-electron chi connectivity index (χ3n) is 1.74. The van der Waals surface area contributed by atoms with Gasteiger partial charge in [-0.2, -0.15) is 12.6 Å². The van der Waals surface area contributed by atoms with E-state index in [1.54, 1.807) is 18.5 Å². The molecule has 1 heterocycles. The first-order valence-corrected chi connectivity index (χ1v) is 5.39. The Balaban J connectivity index is 2.54. The van der Waals surface area contributed by atoms with E-state index in [4.69, 9.17) is 16.3 Å². The van der Waals surface area contributed by atoms with Gasteiger partial charge in [-0.05, 0) is 5.75 Å². The standard InChI is InChI=1S/C10H14ClNOS/c1-10(2,7-14)6-13-9-3-8(11)4-12-5-9/h3-5,14H,6-7H2,1-2H3. The Bertz CT molecular complexity index is 304. The number of pyridine rings is 1. The Morgan fingerprint density at radius 2 is 2.21 bits per heavy atom. The molecule has 2 nitrogen and oxygen atoms in total. The van der Waals surface area contributed by atoms with Crippen LogP contribution in [0.5, 0.6) is 5.75 Å². The maximum atomic E-state index is 5.77. The zero-order valence-electron chi connectivity index (χ0n) is 8.33. The van der Waals surface area contributed by atoms with Crippen molar-refractivity contribution in [3.05, 3.63) is 23.5 Å². The number of halogens is 1. The van der Waals surface area contributed by atoms with E-state index in [9.17, 15) is 0 Å². The van der Waals surface area contributed by atoms with Gasteiger partial charge in [0.1, 0.15) is 5.75 Å². The van der Waals surface area contributed by atoms with Crippen molar-refractivity contribution in [3.8, 4) is 5.75 Å². The van der Waals surface area contributed by atoms with Crippen molar-refractivity contribution in [1.29, 1.82) is 0 Å². The van der Waals surface area contributed by atoms with E-state index in [1.807, 2.05) is 0 Å². The van der Waals surface area contributed by atoms with Crippen LogP contribution < -0.4 is 4.74 Å². The van der Waals surface area contributed by atoms with Crippen LogP contribution in [0.1, 0.15) is 13.8 Å². The molecule has 14 heavy (non-hydrogen) atoms. The van der Waals surface area contributed by atoms with Gasteiger partial charge in [0, 0.05) is 17.7 Å². The molecule has 1 rings (SSSR count). The summed E-state index contributed by atoms with van der Waals surface area (Å²) in [5.74, 6) is 1.48. The first-order chi connectivity index (χ1) is 6.53. The molecule has 0 saturated heterocycles. The van der Waals surface area contributed by atoms with Crippen LogP contribution in [0.3, 0.4) is 0 Å². The second-order valence-corrected chi connectivity index (χ2v) is 4.70. The molecule has 1 aromatic heterocycles. The number of thiol groups is 1. The summed E-state index contributed by atoms with van der Waals surface area (Å²) in [7, 11) is 0. The van der Waals surface area contributed by atoms with E-state index in [-0.39, 0.29) is 5.41 Å². The Kier molecular flexibility index (Phi) is 4.08. The van der Waals surface area contributed by atoms with Crippen molar-refractivity contribution in [2.75, 3.05) is 12.4 Å². The number of rotatable bonds is 4. The molecule has 0 aliphatic rings. The lowest BCUT2D eigenvalue weighted by Crippen LogP contribution is -2.23. The van der Waals surface area contributed by atoms with E-state index < -0.39 is 0 Å². The van der Waals surface area contributed by atoms with Crippen molar-refractivity contribution in [3.63, 3.8) is 0 Å². The van der Waals surface area contributed by atoms with Gasteiger partial charge in [0.05, 0.1) is 17.8 Å². The summed E-state index contributed by atoms with van der Waals surface area (Å²) in [6.07, 6.45) is 3.23. The summed E-state index contributed by atoms with van der Waals surface area (Å²) in [5.41, 5.74) is 0.0609. The first kappa shape index (κ1) is 11.7. The van der Waals surface area contributed by atoms with Crippen LogP contribution in [0.15, 0.2) is 18.5 Å². The normalized spacial score (nSPS) is 11.4. The fourth-order valence-electron chi connectivity index (χ4n) is 0.796. The predicted molar refractivity (Wildman–Crippen MR) is 62.4 cm³/mol. The summed E-state index contributed by atoms with van der Waals surface area (Å²) in [4.78, 5) is 3.93. The fraction of sp³-hybridized carbons (Fsp3) is 0.500. The molecule has 0 N–H and O–H groups in total. The average molecular weight is 232 g/mol. The van der Waals surface area contributed by atoms with Crippen LogP contribution in [0.4, 0.5) is 0 Å². The number of ether oxygens (including phenoxy) is 1. The van der Waals surface area contributed by atoms with Crippen LogP contribution in [0.25, 0.3) is 0 Å². The van der Waals surface area contributed by atoms with Crippen LogP contribution in [0.2, 0.25) is 5.02 Å². The summed E-state index contributed by atoms with van der Waals surface area (Å²) in [6, 6.07) is 1.75. The minimum absolute atomic E-state index is 0.0609. The molecule has 78 valence electrons. The van der Waals surface area contributed by atoms with Gasteiger partial charge in [-0.3, -0.25) is 4.98 Å². The molecule has 4 heteroatoms.